The summed E-state index contributed by atoms with van der Waals surface area (Å²) >= 11 is 0. The maximum Gasteiger partial charge on any atom is 0.322 e. The zero-order valence-corrected chi connectivity index (χ0v) is 10.2. The molecule has 2 aromatic heterocycles. The van der Waals surface area contributed by atoms with Crippen LogP contribution in [0.1, 0.15) is 5.56 Å². The van der Waals surface area contributed by atoms with Crippen molar-refractivity contribution in [1.29, 1.82) is 0 Å². The Morgan fingerprint density at radius 1 is 1.22 bits per heavy atom. The van der Waals surface area contributed by atoms with Gasteiger partial charge in [0.15, 0.2) is 0 Å². The lowest BCUT2D eigenvalue weighted by atomic mass is 10.3. The third kappa shape index (κ3) is 3.03. The van der Waals surface area contributed by atoms with Crippen LogP contribution in [-0.4, -0.2) is 34.1 Å². The van der Waals surface area contributed by atoms with Crippen LogP contribution >= 0.6 is 0 Å². The van der Waals surface area contributed by atoms with Gasteiger partial charge in [-0.05, 0) is 11.6 Å². The number of aromatic nitrogens is 4. The number of pyridine rings is 1. The fourth-order valence-corrected chi connectivity index (χ4v) is 1.32. The Hall–Kier alpha value is -2.44. The molecule has 0 aromatic carbocycles. The number of nitrogens with one attached hydrogen (secondary N) is 2. The first-order valence-corrected chi connectivity index (χ1v) is 5.42. The lowest BCUT2D eigenvalue weighted by molar-refractivity contribution is 0.379. The van der Waals surface area contributed by atoms with Gasteiger partial charge in [-0.3, -0.25) is 4.98 Å². The van der Waals surface area contributed by atoms with Crippen LogP contribution in [0.2, 0.25) is 0 Å². The largest absolute Gasteiger partial charge is 0.467 e. The van der Waals surface area contributed by atoms with E-state index < -0.39 is 0 Å². The van der Waals surface area contributed by atoms with Crippen LogP contribution in [0.5, 0.6) is 6.01 Å². The number of rotatable bonds is 5. The number of nitrogens with zero attached hydrogens (tertiary/aromatic N) is 4. The molecule has 0 aliphatic heterocycles. The van der Waals surface area contributed by atoms with Crippen LogP contribution in [0, 0.1) is 0 Å². The molecule has 7 heteroatoms. The highest BCUT2D eigenvalue weighted by molar-refractivity contribution is 5.35. The summed E-state index contributed by atoms with van der Waals surface area (Å²) in [5.41, 5.74) is 1.04. The lowest BCUT2D eigenvalue weighted by Crippen LogP contribution is -2.08. The van der Waals surface area contributed by atoms with Gasteiger partial charge >= 0.3 is 6.01 Å². The second kappa shape index (κ2) is 5.76. The molecule has 0 spiro atoms. The van der Waals surface area contributed by atoms with Gasteiger partial charge in [0.2, 0.25) is 11.9 Å². The van der Waals surface area contributed by atoms with Crippen molar-refractivity contribution in [2.24, 2.45) is 0 Å². The van der Waals surface area contributed by atoms with Gasteiger partial charge in [0.25, 0.3) is 0 Å². The minimum Gasteiger partial charge on any atom is -0.467 e. The van der Waals surface area contributed by atoms with Crippen LogP contribution in [0.4, 0.5) is 11.9 Å². The predicted molar refractivity (Wildman–Crippen MR) is 67.5 cm³/mol. The van der Waals surface area contributed by atoms with Gasteiger partial charge in [-0.25, -0.2) is 0 Å². The summed E-state index contributed by atoms with van der Waals surface area (Å²) in [4.78, 5) is 16.3. The van der Waals surface area contributed by atoms with Crippen molar-refractivity contribution in [2.45, 2.75) is 6.54 Å². The molecular weight excluding hydrogens is 232 g/mol. The van der Waals surface area contributed by atoms with E-state index in [1.165, 1.54) is 7.11 Å². The molecule has 0 aliphatic rings. The molecule has 0 amide bonds. The molecule has 0 unspecified atom stereocenters. The van der Waals surface area contributed by atoms with E-state index >= 15 is 0 Å². The number of hydrogen-bond donors (Lipinski definition) is 2. The Balaban J connectivity index is 2.09. The van der Waals surface area contributed by atoms with Crippen LogP contribution in [0.15, 0.2) is 24.5 Å². The summed E-state index contributed by atoms with van der Waals surface area (Å²) in [5.74, 6) is 0.908. The van der Waals surface area contributed by atoms with E-state index in [9.17, 15) is 0 Å². The molecule has 0 atom stereocenters. The van der Waals surface area contributed by atoms with E-state index in [1.807, 2.05) is 12.1 Å². The highest BCUT2D eigenvalue weighted by Crippen LogP contribution is 2.10. The summed E-state index contributed by atoms with van der Waals surface area (Å²) in [5, 5.41) is 5.93. The lowest BCUT2D eigenvalue weighted by Gasteiger charge is -2.07. The molecule has 0 saturated heterocycles. The van der Waals surface area contributed by atoms with Gasteiger partial charge in [-0.1, -0.05) is 6.07 Å². The van der Waals surface area contributed by atoms with Gasteiger partial charge in [0.1, 0.15) is 0 Å². The topological polar surface area (TPSA) is 84.9 Å². The van der Waals surface area contributed by atoms with E-state index in [4.69, 9.17) is 4.74 Å². The number of hydrogen-bond acceptors (Lipinski definition) is 7. The standard InChI is InChI=1S/C11H14N6O/c1-12-9-15-10(17-11(16-9)18-2)14-7-8-4-3-5-13-6-8/h3-6H,7H2,1-2H3,(H2,12,14,15,16,17). The monoisotopic (exact) mass is 246 g/mol. The molecule has 0 aliphatic carbocycles. The Labute approximate surface area is 105 Å². The SMILES string of the molecule is CNc1nc(NCc2cccnc2)nc(OC)n1. The zero-order valence-electron chi connectivity index (χ0n) is 10.2. The summed E-state index contributed by atoms with van der Waals surface area (Å²) in [6, 6.07) is 4.12. The summed E-state index contributed by atoms with van der Waals surface area (Å²) in [6.45, 7) is 0.587. The Bertz CT molecular complexity index is 482. The van der Waals surface area contributed by atoms with E-state index in [2.05, 4.69) is 30.6 Å². The maximum absolute atomic E-state index is 4.99. The smallest absolute Gasteiger partial charge is 0.322 e. The van der Waals surface area contributed by atoms with Gasteiger partial charge in [0.05, 0.1) is 7.11 Å². The minimum absolute atomic E-state index is 0.267. The van der Waals surface area contributed by atoms with Crippen LogP contribution in [-0.2, 0) is 6.54 Å². The molecule has 0 fully saturated rings. The van der Waals surface area contributed by atoms with Crippen LogP contribution in [0.3, 0.4) is 0 Å². The highest BCUT2D eigenvalue weighted by Gasteiger charge is 2.05. The van der Waals surface area contributed by atoms with Crippen molar-refractivity contribution in [1.82, 2.24) is 19.9 Å². The Kier molecular flexibility index (Phi) is 3.85. The van der Waals surface area contributed by atoms with Gasteiger partial charge < -0.3 is 15.4 Å². The van der Waals surface area contributed by atoms with Gasteiger partial charge in [-0.15, -0.1) is 0 Å². The minimum atomic E-state index is 0.267. The number of anilines is 2. The maximum atomic E-state index is 4.99. The quantitative estimate of drug-likeness (QED) is 0.811. The van der Waals surface area contributed by atoms with Crippen molar-refractivity contribution in [3.63, 3.8) is 0 Å². The molecule has 0 bridgehead atoms. The van der Waals surface area contributed by atoms with Crippen molar-refractivity contribution in [2.75, 3.05) is 24.8 Å². The van der Waals surface area contributed by atoms with Crippen LogP contribution in [0.25, 0.3) is 0 Å². The molecule has 2 N–H and O–H groups in total. The molecule has 2 rings (SSSR count). The van der Waals surface area contributed by atoms with E-state index in [0.29, 0.717) is 18.4 Å². The van der Waals surface area contributed by atoms with Crippen LogP contribution < -0.4 is 15.4 Å². The fourth-order valence-electron chi connectivity index (χ4n) is 1.32. The number of methoxy groups -OCH3 is 1. The molecule has 0 saturated carbocycles. The fraction of sp³-hybridized carbons (Fsp3) is 0.273. The third-order valence-electron chi connectivity index (χ3n) is 2.19. The van der Waals surface area contributed by atoms with E-state index in [1.54, 1.807) is 19.4 Å². The van der Waals surface area contributed by atoms with Crippen molar-refractivity contribution < 1.29 is 4.74 Å². The van der Waals surface area contributed by atoms with Gasteiger partial charge in [0, 0.05) is 26.0 Å². The average molecular weight is 246 g/mol. The molecular formula is C11H14N6O. The first-order valence-electron chi connectivity index (χ1n) is 5.42. The zero-order chi connectivity index (χ0) is 12.8. The summed E-state index contributed by atoms with van der Waals surface area (Å²) in [7, 11) is 3.25. The molecule has 7 nitrogen and oxygen atoms in total. The van der Waals surface area contributed by atoms with E-state index in [0.717, 1.165) is 5.56 Å². The van der Waals surface area contributed by atoms with Crippen molar-refractivity contribution >= 4 is 11.9 Å². The normalized spacial score (nSPS) is 9.89. The first kappa shape index (κ1) is 12.0. The first-order chi connectivity index (χ1) is 8.81. The summed E-state index contributed by atoms with van der Waals surface area (Å²) in [6.07, 6.45) is 3.51. The molecule has 2 aromatic rings. The predicted octanol–water partition coefficient (Wildman–Crippen LogP) is 0.929. The molecule has 94 valence electrons. The summed E-state index contributed by atoms with van der Waals surface area (Å²) < 4.78 is 4.99. The average Bonchev–Trinajstić information content (AvgIpc) is 2.45. The molecule has 2 heterocycles. The van der Waals surface area contributed by atoms with Gasteiger partial charge in [-0.2, -0.15) is 15.0 Å². The Morgan fingerprint density at radius 3 is 2.72 bits per heavy atom. The second-order valence-corrected chi connectivity index (χ2v) is 3.43. The molecule has 18 heavy (non-hydrogen) atoms. The highest BCUT2D eigenvalue weighted by atomic mass is 16.5. The van der Waals surface area contributed by atoms with E-state index in [-0.39, 0.29) is 6.01 Å². The number of ether oxygens (including phenoxy) is 1. The second-order valence-electron chi connectivity index (χ2n) is 3.43. The third-order valence-corrected chi connectivity index (χ3v) is 2.19. The molecule has 0 radical (unpaired) electrons. The van der Waals surface area contributed by atoms with Crippen molar-refractivity contribution in [3.8, 4) is 6.01 Å². The van der Waals surface area contributed by atoms with Crippen molar-refractivity contribution in [3.05, 3.63) is 30.1 Å². The Morgan fingerprint density at radius 2 is 2.06 bits per heavy atom.